The maximum atomic E-state index is 12.1. The zero-order valence-electron chi connectivity index (χ0n) is 11.8. The summed E-state index contributed by atoms with van der Waals surface area (Å²) in [6, 6.07) is 5.88. The summed E-state index contributed by atoms with van der Waals surface area (Å²) in [7, 11) is 0. The molecule has 2 unspecified atom stereocenters. The van der Waals surface area contributed by atoms with Crippen molar-refractivity contribution < 1.29 is 22.6 Å². The van der Waals surface area contributed by atoms with Crippen molar-refractivity contribution in [2.75, 3.05) is 19.7 Å². The fourth-order valence-electron chi connectivity index (χ4n) is 2.25. The van der Waals surface area contributed by atoms with Crippen LogP contribution in [0.1, 0.15) is 12.5 Å². The predicted molar refractivity (Wildman–Crippen MR) is 71.8 cm³/mol. The summed E-state index contributed by atoms with van der Waals surface area (Å²) in [5.74, 6) is -0.207. The van der Waals surface area contributed by atoms with E-state index in [4.69, 9.17) is 10.5 Å². The van der Waals surface area contributed by atoms with Gasteiger partial charge in [-0.1, -0.05) is 12.1 Å². The van der Waals surface area contributed by atoms with Gasteiger partial charge in [-0.05, 0) is 24.6 Å². The minimum Gasteiger partial charge on any atom is -0.406 e. The fraction of sp³-hybridized carbons (Fsp3) is 0.571. The first-order valence-electron chi connectivity index (χ1n) is 6.78. The van der Waals surface area contributed by atoms with E-state index in [0.29, 0.717) is 13.2 Å². The molecule has 0 radical (unpaired) electrons. The van der Waals surface area contributed by atoms with Crippen LogP contribution in [-0.2, 0) is 11.3 Å². The summed E-state index contributed by atoms with van der Waals surface area (Å²) >= 11 is 0. The van der Waals surface area contributed by atoms with E-state index in [-0.39, 0.29) is 17.9 Å². The van der Waals surface area contributed by atoms with Gasteiger partial charge in [0.25, 0.3) is 0 Å². The Morgan fingerprint density at radius 2 is 2.05 bits per heavy atom. The lowest BCUT2D eigenvalue weighted by Gasteiger charge is -2.34. The minimum absolute atomic E-state index is 0.00779. The molecule has 0 bridgehead atoms. The third-order valence-electron chi connectivity index (χ3n) is 3.33. The van der Waals surface area contributed by atoms with Crippen molar-refractivity contribution in [3.63, 3.8) is 0 Å². The monoisotopic (exact) mass is 304 g/mol. The Bertz CT molecular complexity index is 449. The largest absolute Gasteiger partial charge is 0.573 e. The molecule has 2 rings (SSSR count). The number of morpholine rings is 1. The second-order valence-corrected chi connectivity index (χ2v) is 5.20. The van der Waals surface area contributed by atoms with E-state index in [1.165, 1.54) is 12.1 Å². The summed E-state index contributed by atoms with van der Waals surface area (Å²) < 4.78 is 45.6. The van der Waals surface area contributed by atoms with Gasteiger partial charge in [-0.2, -0.15) is 0 Å². The molecule has 0 aliphatic carbocycles. The van der Waals surface area contributed by atoms with Crippen LogP contribution < -0.4 is 10.5 Å². The van der Waals surface area contributed by atoms with Gasteiger partial charge in [-0.3, -0.25) is 4.90 Å². The highest BCUT2D eigenvalue weighted by atomic mass is 19.4. The second-order valence-electron chi connectivity index (χ2n) is 5.20. The molecular formula is C14H19F3N2O2. The Balaban J connectivity index is 1.91. The number of nitrogens with two attached hydrogens (primary N) is 1. The number of halogens is 3. The summed E-state index contributed by atoms with van der Waals surface area (Å²) in [5, 5.41) is 0. The molecule has 1 saturated heterocycles. The molecule has 4 nitrogen and oxygen atoms in total. The molecule has 0 amide bonds. The highest BCUT2D eigenvalue weighted by Crippen LogP contribution is 2.23. The van der Waals surface area contributed by atoms with Crippen LogP contribution in [0.2, 0.25) is 0 Å². The first-order chi connectivity index (χ1) is 9.83. The third kappa shape index (κ3) is 5.18. The number of benzene rings is 1. The summed E-state index contributed by atoms with van der Waals surface area (Å²) in [4.78, 5) is 2.18. The summed E-state index contributed by atoms with van der Waals surface area (Å²) in [6.07, 6.45) is -4.66. The zero-order chi connectivity index (χ0) is 15.5. The van der Waals surface area contributed by atoms with E-state index in [0.717, 1.165) is 18.7 Å². The zero-order valence-corrected chi connectivity index (χ0v) is 11.8. The van der Waals surface area contributed by atoms with E-state index in [1.54, 1.807) is 12.1 Å². The molecule has 7 heteroatoms. The molecule has 1 heterocycles. The Hall–Kier alpha value is -1.31. The summed E-state index contributed by atoms with van der Waals surface area (Å²) in [6.45, 7) is 4.67. The van der Waals surface area contributed by atoms with Gasteiger partial charge in [0.15, 0.2) is 0 Å². The van der Waals surface area contributed by atoms with Crippen LogP contribution in [0.5, 0.6) is 5.75 Å². The van der Waals surface area contributed by atoms with E-state index < -0.39 is 6.36 Å². The number of hydrogen-bond donors (Lipinski definition) is 1. The van der Waals surface area contributed by atoms with Crippen molar-refractivity contribution in [1.82, 2.24) is 4.90 Å². The van der Waals surface area contributed by atoms with Crippen LogP contribution in [0.15, 0.2) is 24.3 Å². The molecule has 1 aromatic carbocycles. The van der Waals surface area contributed by atoms with Crippen molar-refractivity contribution in [3.8, 4) is 5.75 Å². The van der Waals surface area contributed by atoms with Crippen LogP contribution in [-0.4, -0.2) is 43.1 Å². The Morgan fingerprint density at radius 3 is 2.62 bits per heavy atom. The third-order valence-corrected chi connectivity index (χ3v) is 3.33. The first kappa shape index (κ1) is 16.1. The molecule has 2 N–H and O–H groups in total. The van der Waals surface area contributed by atoms with Gasteiger partial charge in [-0.25, -0.2) is 0 Å². The molecular weight excluding hydrogens is 285 g/mol. The van der Waals surface area contributed by atoms with E-state index in [1.807, 2.05) is 6.92 Å². The van der Waals surface area contributed by atoms with Gasteiger partial charge in [0.1, 0.15) is 5.75 Å². The van der Waals surface area contributed by atoms with Crippen LogP contribution in [0.3, 0.4) is 0 Å². The lowest BCUT2D eigenvalue weighted by atomic mass is 10.1. The van der Waals surface area contributed by atoms with Crippen molar-refractivity contribution in [2.45, 2.75) is 32.0 Å². The molecule has 1 aliphatic rings. The van der Waals surface area contributed by atoms with Crippen LogP contribution in [0.25, 0.3) is 0 Å². The average Bonchev–Trinajstić information content (AvgIpc) is 2.40. The molecule has 1 fully saturated rings. The lowest BCUT2D eigenvalue weighted by molar-refractivity contribution is -0.274. The van der Waals surface area contributed by atoms with E-state index in [9.17, 15) is 13.2 Å². The van der Waals surface area contributed by atoms with Crippen molar-refractivity contribution in [1.29, 1.82) is 0 Å². The van der Waals surface area contributed by atoms with E-state index in [2.05, 4.69) is 9.64 Å². The van der Waals surface area contributed by atoms with Gasteiger partial charge in [0.05, 0.1) is 12.7 Å². The Kier molecular flexibility index (Phi) is 5.08. The first-order valence-corrected chi connectivity index (χ1v) is 6.78. The van der Waals surface area contributed by atoms with Gasteiger partial charge in [-0.15, -0.1) is 13.2 Å². The maximum Gasteiger partial charge on any atom is 0.573 e. The number of hydrogen-bond acceptors (Lipinski definition) is 4. The molecule has 0 saturated carbocycles. The minimum atomic E-state index is -4.66. The van der Waals surface area contributed by atoms with Crippen LogP contribution in [0, 0.1) is 0 Å². The lowest BCUT2D eigenvalue weighted by Crippen LogP contribution is -2.49. The SMILES string of the molecule is CC(N)C1CN(Cc2ccc(OC(F)(F)F)cc2)CCO1. The molecule has 0 aromatic heterocycles. The van der Waals surface area contributed by atoms with Crippen molar-refractivity contribution in [2.24, 2.45) is 5.73 Å². The molecule has 0 spiro atoms. The molecule has 2 atom stereocenters. The normalized spacial score (nSPS) is 22.0. The van der Waals surface area contributed by atoms with Gasteiger partial charge in [0, 0.05) is 25.7 Å². The maximum absolute atomic E-state index is 12.1. The fourth-order valence-corrected chi connectivity index (χ4v) is 2.25. The highest BCUT2D eigenvalue weighted by Gasteiger charge is 2.31. The number of alkyl halides is 3. The number of ether oxygens (including phenoxy) is 2. The van der Waals surface area contributed by atoms with Gasteiger partial charge >= 0.3 is 6.36 Å². The second kappa shape index (κ2) is 6.64. The average molecular weight is 304 g/mol. The molecule has 118 valence electrons. The molecule has 1 aliphatic heterocycles. The molecule has 1 aromatic rings. The Morgan fingerprint density at radius 1 is 1.38 bits per heavy atom. The van der Waals surface area contributed by atoms with Gasteiger partial charge in [0.2, 0.25) is 0 Å². The number of rotatable bonds is 4. The van der Waals surface area contributed by atoms with E-state index >= 15 is 0 Å². The quantitative estimate of drug-likeness (QED) is 0.926. The van der Waals surface area contributed by atoms with Crippen molar-refractivity contribution >= 4 is 0 Å². The van der Waals surface area contributed by atoms with Crippen molar-refractivity contribution in [3.05, 3.63) is 29.8 Å². The number of nitrogens with zero attached hydrogens (tertiary/aromatic N) is 1. The topological polar surface area (TPSA) is 47.7 Å². The smallest absolute Gasteiger partial charge is 0.406 e. The van der Waals surface area contributed by atoms with Gasteiger partial charge < -0.3 is 15.2 Å². The highest BCUT2D eigenvalue weighted by molar-refractivity contribution is 5.27. The van der Waals surface area contributed by atoms with Crippen LogP contribution in [0.4, 0.5) is 13.2 Å². The summed E-state index contributed by atoms with van der Waals surface area (Å²) in [5.41, 5.74) is 6.75. The standard InChI is InChI=1S/C14H19F3N2O2/c1-10(18)13-9-19(6-7-20-13)8-11-2-4-12(5-3-11)21-14(15,16)17/h2-5,10,13H,6-9,18H2,1H3. The Labute approximate surface area is 121 Å². The predicted octanol–water partition coefficient (Wildman–Crippen LogP) is 2.13. The molecule has 21 heavy (non-hydrogen) atoms. The van der Waals surface area contributed by atoms with Crippen LogP contribution >= 0.6 is 0 Å².